The minimum atomic E-state index is -0.809. The van der Waals surface area contributed by atoms with Crippen LogP contribution in [0.3, 0.4) is 0 Å². The number of aromatic nitrogens is 1. The summed E-state index contributed by atoms with van der Waals surface area (Å²) in [6, 6.07) is 12.3. The maximum atomic E-state index is 12.7. The molecule has 32 heavy (non-hydrogen) atoms. The molecule has 2 N–H and O–H groups in total. The Labute approximate surface area is 188 Å². The van der Waals surface area contributed by atoms with Crippen molar-refractivity contribution >= 4 is 43.6 Å². The van der Waals surface area contributed by atoms with E-state index in [0.29, 0.717) is 10.5 Å². The van der Waals surface area contributed by atoms with Gasteiger partial charge in [0.1, 0.15) is 5.56 Å². The fourth-order valence-electron chi connectivity index (χ4n) is 4.05. The van der Waals surface area contributed by atoms with Gasteiger partial charge < -0.3 is 9.52 Å². The standard InChI is InChI=1S/C24H23N3O4S/c1-14-7-9-27(10-8-14)13-15-5-6-18-20(11-15)32-24(25-18)26-22(29)17-12-16-3-2-4-19(28)21(16)31-23(17)30/h2-6,11-12,14,28H,7-10,13H2,1H3,(H,25,26,29). The number of fused-ring (bicyclic) bond motifs is 2. The zero-order chi connectivity index (χ0) is 22.2. The van der Waals surface area contributed by atoms with Gasteiger partial charge in [-0.1, -0.05) is 36.5 Å². The first-order valence-electron chi connectivity index (χ1n) is 10.7. The van der Waals surface area contributed by atoms with Crippen molar-refractivity contribution in [1.82, 2.24) is 9.88 Å². The minimum absolute atomic E-state index is 0.0599. The molecule has 0 aliphatic carbocycles. The summed E-state index contributed by atoms with van der Waals surface area (Å²) in [6.45, 7) is 5.46. The largest absolute Gasteiger partial charge is 0.504 e. The average molecular weight is 450 g/mol. The summed E-state index contributed by atoms with van der Waals surface area (Å²) in [7, 11) is 0. The molecular formula is C24H23N3O4S. The van der Waals surface area contributed by atoms with E-state index in [4.69, 9.17) is 4.42 Å². The van der Waals surface area contributed by atoms with E-state index >= 15 is 0 Å². The molecule has 1 amide bonds. The topological polar surface area (TPSA) is 95.7 Å². The normalized spacial score (nSPS) is 15.4. The van der Waals surface area contributed by atoms with E-state index in [1.54, 1.807) is 12.1 Å². The van der Waals surface area contributed by atoms with Crippen LogP contribution in [0.4, 0.5) is 5.13 Å². The lowest BCUT2D eigenvalue weighted by molar-refractivity contribution is 0.102. The second-order valence-electron chi connectivity index (χ2n) is 8.38. The number of rotatable bonds is 4. The molecule has 0 unspecified atom stereocenters. The molecule has 1 saturated heterocycles. The molecule has 7 nitrogen and oxygen atoms in total. The van der Waals surface area contributed by atoms with Crippen LogP contribution in [0.25, 0.3) is 21.2 Å². The fraction of sp³-hybridized carbons (Fsp3) is 0.292. The zero-order valence-corrected chi connectivity index (χ0v) is 18.4. The number of aromatic hydroxyl groups is 1. The van der Waals surface area contributed by atoms with Crippen LogP contribution in [0.15, 0.2) is 51.7 Å². The minimum Gasteiger partial charge on any atom is -0.504 e. The highest BCUT2D eigenvalue weighted by Crippen LogP contribution is 2.29. The van der Waals surface area contributed by atoms with Gasteiger partial charge in [0.25, 0.3) is 5.91 Å². The summed E-state index contributed by atoms with van der Waals surface area (Å²) < 4.78 is 6.13. The molecule has 2 aromatic carbocycles. The molecule has 1 fully saturated rings. The number of nitrogens with zero attached hydrogens (tertiary/aromatic N) is 2. The van der Waals surface area contributed by atoms with Crippen molar-refractivity contribution in [3.8, 4) is 5.75 Å². The van der Waals surface area contributed by atoms with Crippen molar-refractivity contribution in [2.24, 2.45) is 5.92 Å². The second-order valence-corrected chi connectivity index (χ2v) is 9.41. The Morgan fingerprint density at radius 1 is 1.25 bits per heavy atom. The highest BCUT2D eigenvalue weighted by Gasteiger charge is 2.18. The molecule has 0 saturated carbocycles. The number of amides is 1. The number of benzene rings is 2. The van der Waals surface area contributed by atoms with Crippen LogP contribution in [0.5, 0.6) is 5.75 Å². The molecule has 0 bridgehead atoms. The quantitative estimate of drug-likeness (QED) is 0.443. The van der Waals surface area contributed by atoms with Gasteiger partial charge in [0.05, 0.1) is 10.2 Å². The number of para-hydroxylation sites is 1. The molecule has 1 aliphatic rings. The van der Waals surface area contributed by atoms with Crippen LogP contribution in [0.2, 0.25) is 0 Å². The Balaban J connectivity index is 1.35. The van der Waals surface area contributed by atoms with Crippen molar-refractivity contribution in [3.63, 3.8) is 0 Å². The van der Waals surface area contributed by atoms with Crippen LogP contribution in [-0.4, -0.2) is 34.0 Å². The summed E-state index contributed by atoms with van der Waals surface area (Å²) in [5, 5.41) is 13.4. The van der Waals surface area contributed by atoms with Gasteiger partial charge in [-0.25, -0.2) is 9.78 Å². The SMILES string of the molecule is CC1CCN(Cc2ccc3nc(NC(=O)c4cc5cccc(O)c5oc4=O)sc3c2)CC1. The van der Waals surface area contributed by atoms with Crippen molar-refractivity contribution in [1.29, 1.82) is 0 Å². The van der Waals surface area contributed by atoms with Crippen molar-refractivity contribution in [3.05, 3.63) is 64.0 Å². The van der Waals surface area contributed by atoms with E-state index in [1.807, 2.05) is 6.07 Å². The summed E-state index contributed by atoms with van der Waals surface area (Å²) in [6.07, 6.45) is 2.47. The van der Waals surface area contributed by atoms with Crippen LogP contribution in [-0.2, 0) is 6.54 Å². The first kappa shape index (κ1) is 20.7. The molecule has 0 atom stereocenters. The van der Waals surface area contributed by atoms with Gasteiger partial charge in [-0.15, -0.1) is 0 Å². The smallest absolute Gasteiger partial charge is 0.349 e. The number of hydrogen-bond donors (Lipinski definition) is 2. The van der Waals surface area contributed by atoms with Gasteiger partial charge in [-0.2, -0.15) is 0 Å². The van der Waals surface area contributed by atoms with Crippen molar-refractivity contribution < 1.29 is 14.3 Å². The van der Waals surface area contributed by atoms with E-state index < -0.39 is 11.5 Å². The van der Waals surface area contributed by atoms with E-state index in [0.717, 1.165) is 35.8 Å². The molecule has 4 aromatic rings. The van der Waals surface area contributed by atoms with E-state index in [2.05, 4.69) is 34.3 Å². The number of phenolic OH excluding ortho intramolecular Hbond substituents is 1. The molecule has 3 heterocycles. The monoisotopic (exact) mass is 449 g/mol. The lowest BCUT2D eigenvalue weighted by atomic mass is 9.99. The number of carbonyl (C=O) groups is 1. The number of thiazole rings is 1. The third-order valence-corrected chi connectivity index (χ3v) is 6.87. The second kappa shape index (κ2) is 8.37. The molecule has 2 aromatic heterocycles. The predicted molar refractivity (Wildman–Crippen MR) is 125 cm³/mol. The first-order valence-corrected chi connectivity index (χ1v) is 11.5. The third-order valence-electron chi connectivity index (χ3n) is 5.94. The van der Waals surface area contributed by atoms with Crippen molar-refractivity contribution in [2.45, 2.75) is 26.3 Å². The summed E-state index contributed by atoms with van der Waals surface area (Å²) in [5.41, 5.74) is 1.14. The van der Waals surface area contributed by atoms with Gasteiger partial charge >= 0.3 is 5.63 Å². The molecule has 164 valence electrons. The van der Waals surface area contributed by atoms with Crippen LogP contribution < -0.4 is 10.9 Å². The summed E-state index contributed by atoms with van der Waals surface area (Å²) in [5.74, 6) is 0.0652. The number of nitrogens with one attached hydrogen (secondary N) is 1. The molecule has 0 spiro atoms. The Kier molecular flexibility index (Phi) is 5.40. The molecular weight excluding hydrogens is 426 g/mol. The number of likely N-dealkylation sites (tertiary alicyclic amines) is 1. The van der Waals surface area contributed by atoms with Gasteiger partial charge in [0.15, 0.2) is 16.5 Å². The Morgan fingerprint density at radius 2 is 2.06 bits per heavy atom. The third kappa shape index (κ3) is 4.11. The number of carbonyl (C=O) groups excluding carboxylic acids is 1. The summed E-state index contributed by atoms with van der Waals surface area (Å²) in [4.78, 5) is 32.0. The Morgan fingerprint density at radius 3 is 2.88 bits per heavy atom. The van der Waals surface area contributed by atoms with Crippen LogP contribution in [0.1, 0.15) is 35.7 Å². The zero-order valence-electron chi connectivity index (χ0n) is 17.6. The Hall–Kier alpha value is -3.23. The van der Waals surface area contributed by atoms with Gasteiger partial charge in [-0.3, -0.25) is 15.0 Å². The molecule has 5 rings (SSSR count). The highest BCUT2D eigenvalue weighted by atomic mass is 32.1. The lowest BCUT2D eigenvalue weighted by Gasteiger charge is -2.30. The maximum Gasteiger partial charge on any atom is 0.349 e. The average Bonchev–Trinajstić information content (AvgIpc) is 3.17. The maximum absolute atomic E-state index is 12.7. The van der Waals surface area contributed by atoms with Gasteiger partial charge in [0.2, 0.25) is 0 Å². The first-order chi connectivity index (χ1) is 15.5. The van der Waals surface area contributed by atoms with Crippen molar-refractivity contribution in [2.75, 3.05) is 18.4 Å². The molecule has 8 heteroatoms. The number of piperidine rings is 1. The molecule has 0 radical (unpaired) electrons. The number of phenols is 1. The predicted octanol–water partition coefficient (Wildman–Crippen LogP) is 4.59. The Bertz CT molecular complexity index is 1370. The number of hydrogen-bond acceptors (Lipinski definition) is 7. The van der Waals surface area contributed by atoms with E-state index in [9.17, 15) is 14.7 Å². The van der Waals surface area contributed by atoms with Crippen LogP contribution >= 0.6 is 11.3 Å². The number of anilines is 1. The lowest BCUT2D eigenvalue weighted by Crippen LogP contribution is -2.32. The van der Waals surface area contributed by atoms with E-state index in [-0.39, 0.29) is 16.9 Å². The highest BCUT2D eigenvalue weighted by molar-refractivity contribution is 7.22. The van der Waals surface area contributed by atoms with E-state index in [1.165, 1.54) is 41.9 Å². The van der Waals surface area contributed by atoms with Crippen LogP contribution in [0, 0.1) is 5.92 Å². The summed E-state index contributed by atoms with van der Waals surface area (Å²) >= 11 is 1.37. The molecule has 1 aliphatic heterocycles. The van der Waals surface area contributed by atoms with Gasteiger partial charge in [-0.05, 0) is 61.7 Å². The fourth-order valence-corrected chi connectivity index (χ4v) is 4.98. The van der Waals surface area contributed by atoms with Gasteiger partial charge in [0, 0.05) is 11.9 Å².